The Hall–Kier alpha value is 2.22. The van der Waals surface area contributed by atoms with E-state index >= 15 is 0 Å². The van der Waals surface area contributed by atoms with Crippen LogP contribution >= 0.6 is 15.6 Å². The second-order valence-corrected chi connectivity index (χ2v) is 16.7. The Morgan fingerprint density at radius 3 is 0.600 bits per heavy atom. The zero-order valence-corrected chi connectivity index (χ0v) is 39.4. The van der Waals surface area contributed by atoms with Gasteiger partial charge in [0.25, 0.3) is 15.6 Å². The Morgan fingerprint density at radius 1 is 0.300 bits per heavy atom. The molecule has 0 aromatic carbocycles. The Morgan fingerprint density at radius 2 is 0.440 bits per heavy atom. The molecule has 0 spiro atoms. The van der Waals surface area contributed by atoms with Crippen LogP contribution in [0.3, 0.4) is 0 Å². The first kappa shape index (κ1) is 56.6. The van der Waals surface area contributed by atoms with Crippen LogP contribution in [-0.4, -0.2) is 26.4 Å². The Balaban J connectivity index is -0.0000110. The largest absolute Gasteiger partial charge is 1.00 e. The van der Waals surface area contributed by atoms with Crippen LogP contribution in [0.15, 0.2) is 0 Å². The molecule has 0 fully saturated rings. The number of rotatable bonds is 41. The summed E-state index contributed by atoms with van der Waals surface area (Å²) in [4.78, 5) is 23.9. The summed E-state index contributed by atoms with van der Waals surface area (Å²) in [5.41, 5.74) is 0. The van der Waals surface area contributed by atoms with Gasteiger partial charge in [-0.1, -0.05) is 194 Å². The first-order chi connectivity index (χ1) is 23.3. The predicted octanol–water partition coefficient (Wildman–Crippen LogP) is 6.52. The molecule has 0 aliphatic rings. The number of phosphoric acid groups is 2. The Bertz CT molecular complexity index is 692. The molecular formula is C38H78Na2O8P2. The van der Waals surface area contributed by atoms with Gasteiger partial charge in [0.1, 0.15) is 0 Å². The van der Waals surface area contributed by atoms with Crippen molar-refractivity contribution in [3.63, 3.8) is 0 Å². The molecule has 290 valence electrons. The average Bonchev–Trinajstić information content (AvgIpc) is 3.05. The van der Waals surface area contributed by atoms with Gasteiger partial charge >= 0.3 is 59.1 Å². The summed E-state index contributed by atoms with van der Waals surface area (Å²) in [6.07, 6.45) is 37.5. The normalized spacial score (nSPS) is 13.8. The quantitative estimate of drug-likeness (QED) is 0.0392. The SMILES string of the molecule is CCCCCCCCCCCCCCCCOP(=O)([O-])OCCCCCCOP(=O)([O-])OCCCCCCCCCCCCCCCC.[Na+].[Na+]. The molecule has 12 heteroatoms. The van der Waals surface area contributed by atoms with E-state index in [-0.39, 0.29) is 85.5 Å². The first-order valence-electron chi connectivity index (χ1n) is 20.5. The molecule has 0 N–H and O–H groups in total. The molecule has 0 rings (SSSR count). The second-order valence-electron chi connectivity index (χ2n) is 13.8. The molecular weight excluding hydrogens is 692 g/mol. The van der Waals surface area contributed by atoms with Gasteiger partial charge in [-0.15, -0.1) is 0 Å². The predicted molar refractivity (Wildman–Crippen MR) is 198 cm³/mol. The van der Waals surface area contributed by atoms with Crippen molar-refractivity contribution < 1.29 is 96.1 Å². The molecule has 0 saturated carbocycles. The zero-order valence-electron chi connectivity index (χ0n) is 33.6. The summed E-state index contributed by atoms with van der Waals surface area (Å²) in [5.74, 6) is 0. The molecule has 0 amide bonds. The molecule has 0 aromatic rings. The first-order valence-corrected chi connectivity index (χ1v) is 23.5. The van der Waals surface area contributed by atoms with Gasteiger partial charge < -0.3 is 27.9 Å². The zero-order chi connectivity index (χ0) is 35.3. The summed E-state index contributed by atoms with van der Waals surface area (Å²) < 4.78 is 43.8. The number of hydrogen-bond acceptors (Lipinski definition) is 8. The van der Waals surface area contributed by atoms with Crippen molar-refractivity contribution in [3.8, 4) is 0 Å². The summed E-state index contributed by atoms with van der Waals surface area (Å²) >= 11 is 0. The van der Waals surface area contributed by atoms with Crippen molar-refractivity contribution in [2.45, 2.75) is 219 Å². The third kappa shape index (κ3) is 46.4. The third-order valence-electron chi connectivity index (χ3n) is 9.03. The van der Waals surface area contributed by atoms with E-state index < -0.39 is 15.6 Å². The van der Waals surface area contributed by atoms with Gasteiger partial charge in [-0.2, -0.15) is 0 Å². The van der Waals surface area contributed by atoms with Crippen molar-refractivity contribution in [2.75, 3.05) is 26.4 Å². The molecule has 8 nitrogen and oxygen atoms in total. The summed E-state index contributed by atoms with van der Waals surface area (Å²) in [7, 11) is -8.53. The Kier molecular flexibility index (Phi) is 49.7. The fraction of sp³-hybridized carbons (Fsp3) is 1.00. The van der Waals surface area contributed by atoms with Crippen LogP contribution in [0.5, 0.6) is 0 Å². The van der Waals surface area contributed by atoms with E-state index in [2.05, 4.69) is 13.8 Å². The summed E-state index contributed by atoms with van der Waals surface area (Å²) in [6, 6.07) is 0. The maximum atomic E-state index is 11.9. The van der Waals surface area contributed by atoms with Gasteiger partial charge in [0.05, 0.1) is 26.4 Å². The van der Waals surface area contributed by atoms with Crippen molar-refractivity contribution in [2.24, 2.45) is 0 Å². The van der Waals surface area contributed by atoms with E-state index in [1.54, 1.807) is 0 Å². The smallest absolute Gasteiger partial charge is 0.756 e. The minimum absolute atomic E-state index is 0. The van der Waals surface area contributed by atoms with Crippen LogP contribution in [0.2, 0.25) is 0 Å². The molecule has 0 saturated heterocycles. The molecule has 2 atom stereocenters. The van der Waals surface area contributed by atoms with E-state index in [4.69, 9.17) is 18.1 Å². The molecule has 0 aliphatic carbocycles. The molecule has 0 aliphatic heterocycles. The molecule has 0 bridgehead atoms. The maximum absolute atomic E-state index is 11.9. The van der Waals surface area contributed by atoms with Crippen LogP contribution in [0, 0.1) is 0 Å². The van der Waals surface area contributed by atoms with E-state index in [0.29, 0.717) is 25.7 Å². The molecule has 0 aromatic heterocycles. The van der Waals surface area contributed by atoms with Gasteiger partial charge in [-0.05, 0) is 25.7 Å². The van der Waals surface area contributed by atoms with E-state index in [9.17, 15) is 18.9 Å². The molecule has 50 heavy (non-hydrogen) atoms. The number of unbranched alkanes of at least 4 members (excludes halogenated alkanes) is 29. The summed E-state index contributed by atoms with van der Waals surface area (Å²) in [6.45, 7) is 5.00. The van der Waals surface area contributed by atoms with Crippen LogP contribution in [-0.2, 0) is 27.2 Å². The maximum Gasteiger partial charge on any atom is 1.00 e. The second kappa shape index (κ2) is 43.9. The van der Waals surface area contributed by atoms with E-state index in [1.165, 1.54) is 141 Å². The van der Waals surface area contributed by atoms with Crippen LogP contribution in [0.4, 0.5) is 0 Å². The van der Waals surface area contributed by atoms with Crippen molar-refractivity contribution in [3.05, 3.63) is 0 Å². The van der Waals surface area contributed by atoms with Gasteiger partial charge in [-0.25, -0.2) is 0 Å². The molecule has 0 radical (unpaired) electrons. The minimum Gasteiger partial charge on any atom is -0.756 e. The molecule has 0 heterocycles. The van der Waals surface area contributed by atoms with Crippen molar-refractivity contribution in [1.29, 1.82) is 0 Å². The van der Waals surface area contributed by atoms with Gasteiger partial charge in [0.2, 0.25) is 0 Å². The van der Waals surface area contributed by atoms with Gasteiger partial charge in [0, 0.05) is 0 Å². The third-order valence-corrected chi connectivity index (χ3v) is 11.0. The fourth-order valence-electron chi connectivity index (χ4n) is 5.93. The Labute approximate surface area is 354 Å². The van der Waals surface area contributed by atoms with Crippen LogP contribution < -0.4 is 68.9 Å². The van der Waals surface area contributed by atoms with Gasteiger partial charge in [-0.3, -0.25) is 9.13 Å². The number of hydrogen-bond donors (Lipinski definition) is 0. The van der Waals surface area contributed by atoms with E-state index in [1.807, 2.05) is 0 Å². The average molecular weight is 771 g/mol. The van der Waals surface area contributed by atoms with E-state index in [0.717, 1.165) is 38.5 Å². The topological polar surface area (TPSA) is 117 Å². The van der Waals surface area contributed by atoms with Gasteiger partial charge in [0.15, 0.2) is 0 Å². The fourth-order valence-corrected chi connectivity index (χ4v) is 7.49. The van der Waals surface area contributed by atoms with Crippen LogP contribution in [0.25, 0.3) is 0 Å². The monoisotopic (exact) mass is 770 g/mol. The summed E-state index contributed by atoms with van der Waals surface area (Å²) in [5, 5.41) is 0. The standard InChI is InChI=1S/C38H80O8P2.2Na/c1-3-5-7-9-11-13-15-17-19-21-23-25-27-31-35-43-47(39,40)45-37-33-29-30-34-38-46-48(41,42)44-36-32-28-26-24-22-20-18-16-14-12-10-8-6-4-2;;/h3-38H2,1-2H3,(H,39,40)(H,41,42);;/q;2*+1/p-2. The molecule has 2 unspecified atom stereocenters. The van der Waals surface area contributed by atoms with Crippen LogP contribution in [0.1, 0.15) is 219 Å². The number of phosphoric ester groups is 2. The van der Waals surface area contributed by atoms with Crippen molar-refractivity contribution in [1.82, 2.24) is 0 Å². The minimum atomic E-state index is -4.26. The van der Waals surface area contributed by atoms with Crippen molar-refractivity contribution >= 4 is 15.6 Å².